The molecule has 0 aromatic heterocycles. The first-order valence-corrected chi connectivity index (χ1v) is 26.6. The predicted octanol–water partition coefficient (Wildman–Crippen LogP) is 14.9. The van der Waals surface area contributed by atoms with Gasteiger partial charge in [0.05, 0.1) is 21.7 Å². The lowest BCUT2D eigenvalue weighted by atomic mass is 9.47. The lowest BCUT2D eigenvalue weighted by Gasteiger charge is -2.62. The molecule has 8 atom stereocenters. The lowest BCUT2D eigenvalue weighted by Crippen LogP contribution is -2.61. The fourth-order valence-electron chi connectivity index (χ4n) is 15.7. The molecule has 0 radical (unpaired) electrons. The molecule has 0 N–H and O–H groups in total. The van der Waals surface area contributed by atoms with Gasteiger partial charge in [0.2, 0.25) is 0 Å². The summed E-state index contributed by atoms with van der Waals surface area (Å²) in [7, 11) is 0. The van der Waals surface area contributed by atoms with Crippen LogP contribution in [-0.2, 0) is 28.7 Å². The molecule has 8 aliphatic rings. The Morgan fingerprint density at radius 2 is 0.833 bits per heavy atom. The van der Waals surface area contributed by atoms with Crippen molar-refractivity contribution in [3.63, 3.8) is 0 Å². The highest BCUT2D eigenvalue weighted by Crippen LogP contribution is 2.66. The van der Waals surface area contributed by atoms with Crippen LogP contribution in [0.3, 0.4) is 0 Å². The van der Waals surface area contributed by atoms with E-state index in [9.17, 15) is 19.2 Å². The topological polar surface area (TPSA) is 86.7 Å². The summed E-state index contributed by atoms with van der Waals surface area (Å²) in [6, 6.07) is 0. The molecule has 6 heteroatoms. The van der Waals surface area contributed by atoms with Crippen LogP contribution in [0.15, 0.2) is 46.0 Å². The average molecular weight is 909 g/mol. The minimum absolute atomic E-state index is 0.00314. The van der Waals surface area contributed by atoms with Crippen LogP contribution in [0.4, 0.5) is 0 Å². The Kier molecular flexibility index (Phi) is 13.1. The second kappa shape index (κ2) is 17.0. The summed E-state index contributed by atoms with van der Waals surface area (Å²) in [5.74, 6) is 5.00. The number of ether oxygens (including phenoxy) is 2. The first kappa shape index (κ1) is 51.1. The maximum Gasteiger partial charge on any atom is 0.175 e. The summed E-state index contributed by atoms with van der Waals surface area (Å²) < 4.78 is 14.3. The molecule has 6 aliphatic carbocycles. The van der Waals surface area contributed by atoms with Gasteiger partial charge >= 0.3 is 0 Å². The van der Waals surface area contributed by atoms with Crippen molar-refractivity contribution >= 4 is 23.1 Å². The number of Topliss-reactive ketones (excluding diaryl/α,β-unsaturated/α-hetero) is 4. The number of allylic oxidation sites excluding steroid dienone is 8. The van der Waals surface area contributed by atoms with Gasteiger partial charge in [0.15, 0.2) is 23.1 Å². The standard InChI is InChI=1S/2C30H46O3/c2*1-18(2)15-20-16-30(14-10-11-19(3)12-13-21-22(30)17-27(21,4)5)33-25-23(20)24(31)28(6,7)26(32)29(25,8)9/h2*11,18,20-22H,10,12-17H2,1-9H3/b2*19-11+/t2*20-,21+,22-,30+/m00/s1. The van der Waals surface area contributed by atoms with E-state index in [1.807, 2.05) is 55.4 Å². The van der Waals surface area contributed by atoms with E-state index in [-0.39, 0.29) is 46.2 Å². The van der Waals surface area contributed by atoms with Gasteiger partial charge < -0.3 is 9.47 Å². The van der Waals surface area contributed by atoms with Crippen LogP contribution in [-0.4, -0.2) is 34.3 Å². The summed E-state index contributed by atoms with van der Waals surface area (Å²) in [4.78, 5) is 54.7. The summed E-state index contributed by atoms with van der Waals surface area (Å²) in [6.45, 7) is 38.4. The van der Waals surface area contributed by atoms with Crippen LogP contribution in [0, 0.1) is 79.8 Å². The van der Waals surface area contributed by atoms with Crippen LogP contribution in [0.2, 0.25) is 0 Å². The van der Waals surface area contributed by atoms with Crippen molar-refractivity contribution in [3.05, 3.63) is 46.0 Å². The summed E-state index contributed by atoms with van der Waals surface area (Å²) in [5.41, 5.74) is 1.25. The van der Waals surface area contributed by atoms with E-state index < -0.39 is 21.7 Å². The van der Waals surface area contributed by atoms with Crippen molar-refractivity contribution in [2.24, 2.45) is 79.8 Å². The molecule has 66 heavy (non-hydrogen) atoms. The van der Waals surface area contributed by atoms with Gasteiger partial charge in [-0.2, -0.15) is 0 Å². The minimum Gasteiger partial charge on any atom is -0.490 e. The van der Waals surface area contributed by atoms with E-state index in [0.717, 1.165) is 74.0 Å². The monoisotopic (exact) mass is 909 g/mol. The van der Waals surface area contributed by atoms with Crippen molar-refractivity contribution in [3.8, 4) is 0 Å². The van der Waals surface area contributed by atoms with E-state index in [2.05, 4.69) is 81.4 Å². The molecule has 2 aliphatic heterocycles. The Bertz CT molecular complexity index is 1980. The van der Waals surface area contributed by atoms with Crippen molar-refractivity contribution in [2.75, 3.05) is 0 Å². The van der Waals surface area contributed by atoms with Gasteiger partial charge in [0, 0.05) is 23.0 Å². The Morgan fingerprint density at radius 3 is 1.14 bits per heavy atom. The molecule has 0 bridgehead atoms. The molecule has 0 saturated heterocycles. The molecular formula is C60H92O6. The van der Waals surface area contributed by atoms with Crippen molar-refractivity contribution in [2.45, 2.75) is 226 Å². The lowest BCUT2D eigenvalue weighted by molar-refractivity contribution is -0.191. The van der Waals surface area contributed by atoms with Gasteiger partial charge in [0.25, 0.3) is 0 Å². The number of hydrogen-bond acceptors (Lipinski definition) is 6. The van der Waals surface area contributed by atoms with Crippen LogP contribution < -0.4 is 0 Å². The Hall–Kier alpha value is -2.76. The van der Waals surface area contributed by atoms with Gasteiger partial charge in [0.1, 0.15) is 22.7 Å². The molecule has 2 spiro atoms. The predicted molar refractivity (Wildman–Crippen MR) is 267 cm³/mol. The van der Waals surface area contributed by atoms with Crippen LogP contribution in [0.25, 0.3) is 0 Å². The van der Waals surface area contributed by atoms with Crippen molar-refractivity contribution in [1.82, 2.24) is 0 Å². The zero-order valence-electron chi connectivity index (χ0n) is 45.1. The molecule has 0 amide bonds. The van der Waals surface area contributed by atoms with Gasteiger partial charge in [-0.05, 0) is 205 Å². The highest BCUT2D eigenvalue weighted by molar-refractivity contribution is 6.20. The number of rotatable bonds is 4. The summed E-state index contributed by atoms with van der Waals surface area (Å²) in [6.07, 6.45) is 19.7. The van der Waals surface area contributed by atoms with Crippen LogP contribution in [0.5, 0.6) is 0 Å². The smallest absolute Gasteiger partial charge is 0.175 e. The Labute approximate surface area is 401 Å². The summed E-state index contributed by atoms with van der Waals surface area (Å²) >= 11 is 0. The largest absolute Gasteiger partial charge is 0.490 e. The number of carbonyl (C=O) groups is 4. The molecule has 6 nitrogen and oxygen atoms in total. The van der Waals surface area contributed by atoms with Gasteiger partial charge in [-0.3, -0.25) is 19.2 Å². The van der Waals surface area contributed by atoms with Crippen LogP contribution >= 0.6 is 0 Å². The second-order valence-electron chi connectivity index (χ2n) is 27.8. The molecule has 0 unspecified atom stereocenters. The molecule has 368 valence electrons. The van der Waals surface area contributed by atoms with E-state index in [1.54, 1.807) is 0 Å². The number of carbonyl (C=O) groups excluding carboxylic acids is 4. The maximum absolute atomic E-state index is 13.8. The molecule has 0 aromatic carbocycles. The SMILES string of the molecule is C/C1=C\CC[C@@]2(C[C@H](CC(C)C)C3=C(O2)C(C)(C)C(=O)C(C)(C)C3=O)[C@H]2CC(C)(C)[C@@H]2CC1.C/C1=C\CC[C@@]2(C[C@H](CC(C)C)C3=C(O2)C(C)(C)C(=O)C(C)(C)C3=O)[C@H]2CC(C)(C)[C@@H]2CC1. The van der Waals surface area contributed by atoms with E-state index in [0.29, 0.717) is 46.3 Å². The molecule has 2 saturated carbocycles. The normalized spacial score (nSPS) is 38.8. The fraction of sp³-hybridized carbons (Fsp3) is 0.800. The highest BCUT2D eigenvalue weighted by Gasteiger charge is 2.66. The van der Waals surface area contributed by atoms with Gasteiger partial charge in [-0.25, -0.2) is 0 Å². The number of hydrogen-bond donors (Lipinski definition) is 0. The second-order valence-corrected chi connectivity index (χ2v) is 27.8. The molecule has 2 fully saturated rings. The minimum atomic E-state index is -0.981. The zero-order chi connectivity index (χ0) is 49.1. The molecular weight excluding hydrogens is 817 g/mol. The first-order valence-electron chi connectivity index (χ1n) is 26.6. The zero-order valence-corrected chi connectivity index (χ0v) is 45.1. The van der Waals surface area contributed by atoms with Crippen molar-refractivity contribution < 1.29 is 28.7 Å². The third kappa shape index (κ3) is 8.34. The van der Waals surface area contributed by atoms with Gasteiger partial charge in [-0.15, -0.1) is 0 Å². The first-order chi connectivity index (χ1) is 30.3. The third-order valence-electron chi connectivity index (χ3n) is 19.3. The van der Waals surface area contributed by atoms with Gasteiger partial charge in [-0.1, -0.05) is 78.7 Å². The van der Waals surface area contributed by atoms with Crippen LogP contribution in [0.1, 0.15) is 215 Å². The quantitative estimate of drug-likeness (QED) is 0.206. The molecule has 0 aromatic rings. The third-order valence-corrected chi connectivity index (χ3v) is 19.3. The average Bonchev–Trinajstić information content (AvgIpc) is 3.28. The Balaban J connectivity index is 0.000000196. The summed E-state index contributed by atoms with van der Waals surface area (Å²) in [5, 5.41) is 0. The number of fused-ring (bicyclic) bond motifs is 4. The Morgan fingerprint density at radius 1 is 0.500 bits per heavy atom. The fourth-order valence-corrected chi connectivity index (χ4v) is 15.7. The van der Waals surface area contributed by atoms with E-state index >= 15 is 0 Å². The van der Waals surface area contributed by atoms with Crippen molar-refractivity contribution in [1.29, 1.82) is 0 Å². The van der Waals surface area contributed by atoms with E-state index in [4.69, 9.17) is 9.47 Å². The van der Waals surface area contributed by atoms with E-state index in [1.165, 1.54) is 49.7 Å². The maximum atomic E-state index is 13.8. The molecule has 2 heterocycles. The number of ketones is 4. The molecule has 8 rings (SSSR count). The highest BCUT2D eigenvalue weighted by atomic mass is 16.5.